The summed E-state index contributed by atoms with van der Waals surface area (Å²) >= 11 is 6.26. The van der Waals surface area contributed by atoms with E-state index in [0.717, 1.165) is 16.5 Å². The number of nitrogens with one attached hydrogen (secondary N) is 1. The Bertz CT molecular complexity index is 998. The number of carbonyl (C=O) groups excluding carboxylic acids is 1. The van der Waals surface area contributed by atoms with Gasteiger partial charge in [-0.15, -0.1) is 0 Å². The SMILES string of the molecule is Cc1cc(=O)oc2cc(O[C@H](C)C(=O)NCc3ccccc3)c(Cl)cc12. The van der Waals surface area contributed by atoms with Crippen LogP contribution in [0.1, 0.15) is 18.1 Å². The smallest absolute Gasteiger partial charge is 0.336 e. The third kappa shape index (κ3) is 4.06. The number of ether oxygens (including phenoxy) is 1. The average molecular weight is 372 g/mol. The van der Waals surface area contributed by atoms with Gasteiger partial charge < -0.3 is 14.5 Å². The van der Waals surface area contributed by atoms with Gasteiger partial charge in [0.2, 0.25) is 0 Å². The van der Waals surface area contributed by atoms with Crippen LogP contribution in [0.15, 0.2) is 57.7 Å². The van der Waals surface area contributed by atoms with Crippen LogP contribution >= 0.6 is 11.6 Å². The second-order valence-corrected chi connectivity index (χ2v) is 6.40. The van der Waals surface area contributed by atoms with E-state index < -0.39 is 11.7 Å². The van der Waals surface area contributed by atoms with E-state index in [0.29, 0.717) is 17.2 Å². The molecular weight excluding hydrogens is 354 g/mol. The fraction of sp³-hybridized carbons (Fsp3) is 0.200. The molecular formula is C20H18ClNO4. The summed E-state index contributed by atoms with van der Waals surface area (Å²) in [6.45, 7) is 3.84. The van der Waals surface area contributed by atoms with Crippen LogP contribution in [0.5, 0.6) is 5.75 Å². The second-order valence-electron chi connectivity index (χ2n) is 5.99. The average Bonchev–Trinajstić information content (AvgIpc) is 2.62. The monoisotopic (exact) mass is 371 g/mol. The van der Waals surface area contributed by atoms with Gasteiger partial charge >= 0.3 is 5.63 Å². The molecule has 1 heterocycles. The Balaban J connectivity index is 1.74. The predicted molar refractivity (Wildman–Crippen MR) is 101 cm³/mol. The molecule has 0 saturated carbocycles. The van der Waals surface area contributed by atoms with Crippen molar-refractivity contribution in [3.8, 4) is 5.75 Å². The highest BCUT2D eigenvalue weighted by Gasteiger charge is 2.17. The number of aryl methyl sites for hydroxylation is 1. The van der Waals surface area contributed by atoms with E-state index in [2.05, 4.69) is 5.32 Å². The molecule has 134 valence electrons. The van der Waals surface area contributed by atoms with E-state index in [-0.39, 0.29) is 11.7 Å². The summed E-state index contributed by atoms with van der Waals surface area (Å²) in [5.74, 6) is 0.0194. The number of hydrogen-bond acceptors (Lipinski definition) is 4. The second kappa shape index (κ2) is 7.62. The highest BCUT2D eigenvalue weighted by atomic mass is 35.5. The summed E-state index contributed by atoms with van der Waals surface area (Å²) in [4.78, 5) is 23.8. The quantitative estimate of drug-likeness (QED) is 0.692. The molecule has 0 aliphatic rings. The van der Waals surface area contributed by atoms with Crippen molar-refractivity contribution in [2.75, 3.05) is 0 Å². The first-order chi connectivity index (χ1) is 12.4. The molecule has 0 bridgehead atoms. The molecule has 3 rings (SSSR count). The van der Waals surface area contributed by atoms with Crippen molar-refractivity contribution in [3.63, 3.8) is 0 Å². The first-order valence-electron chi connectivity index (χ1n) is 8.16. The normalized spacial score (nSPS) is 12.0. The molecule has 1 atom stereocenters. The van der Waals surface area contributed by atoms with Gasteiger partial charge in [-0.05, 0) is 31.0 Å². The number of fused-ring (bicyclic) bond motifs is 1. The minimum Gasteiger partial charge on any atom is -0.479 e. The zero-order valence-electron chi connectivity index (χ0n) is 14.4. The Morgan fingerprint density at radius 2 is 1.96 bits per heavy atom. The lowest BCUT2D eigenvalue weighted by molar-refractivity contribution is -0.127. The highest BCUT2D eigenvalue weighted by molar-refractivity contribution is 6.32. The first-order valence-corrected chi connectivity index (χ1v) is 8.54. The molecule has 1 N–H and O–H groups in total. The van der Waals surface area contributed by atoms with E-state index in [1.54, 1.807) is 19.9 Å². The van der Waals surface area contributed by atoms with Crippen LogP contribution in [-0.2, 0) is 11.3 Å². The molecule has 6 heteroatoms. The molecule has 2 aromatic carbocycles. The third-order valence-corrected chi connectivity index (χ3v) is 4.28. The Morgan fingerprint density at radius 1 is 1.23 bits per heavy atom. The highest BCUT2D eigenvalue weighted by Crippen LogP contribution is 2.31. The van der Waals surface area contributed by atoms with E-state index in [1.165, 1.54) is 12.1 Å². The molecule has 1 aromatic heterocycles. The number of carbonyl (C=O) groups is 1. The maximum Gasteiger partial charge on any atom is 0.336 e. The minimum atomic E-state index is -0.759. The van der Waals surface area contributed by atoms with E-state index in [1.807, 2.05) is 30.3 Å². The number of benzene rings is 2. The minimum absolute atomic E-state index is 0.268. The van der Waals surface area contributed by atoms with Crippen molar-refractivity contribution in [1.29, 1.82) is 0 Å². The Hall–Kier alpha value is -2.79. The van der Waals surface area contributed by atoms with Crippen molar-refractivity contribution < 1.29 is 13.9 Å². The molecule has 0 aliphatic heterocycles. The van der Waals surface area contributed by atoms with Gasteiger partial charge in [0, 0.05) is 24.1 Å². The number of hydrogen-bond donors (Lipinski definition) is 1. The Labute approximate surface area is 155 Å². The summed E-state index contributed by atoms with van der Waals surface area (Å²) in [5, 5.41) is 3.88. The van der Waals surface area contributed by atoms with Crippen LogP contribution in [0.4, 0.5) is 0 Å². The molecule has 0 spiro atoms. The molecule has 0 unspecified atom stereocenters. The predicted octanol–water partition coefficient (Wildman–Crippen LogP) is 3.84. The van der Waals surface area contributed by atoms with Crippen molar-refractivity contribution in [2.45, 2.75) is 26.5 Å². The van der Waals surface area contributed by atoms with Crippen LogP contribution in [-0.4, -0.2) is 12.0 Å². The lowest BCUT2D eigenvalue weighted by Gasteiger charge is -2.16. The van der Waals surface area contributed by atoms with E-state index in [4.69, 9.17) is 20.8 Å². The molecule has 1 amide bonds. The van der Waals surface area contributed by atoms with E-state index in [9.17, 15) is 9.59 Å². The fourth-order valence-corrected chi connectivity index (χ4v) is 2.79. The van der Waals surface area contributed by atoms with Crippen molar-refractivity contribution in [3.05, 3.63) is 75.1 Å². The molecule has 0 saturated heterocycles. The molecule has 3 aromatic rings. The van der Waals surface area contributed by atoms with Crippen LogP contribution in [0.2, 0.25) is 5.02 Å². The van der Waals surface area contributed by atoms with Gasteiger partial charge in [0.15, 0.2) is 6.10 Å². The van der Waals surface area contributed by atoms with Crippen molar-refractivity contribution >= 4 is 28.5 Å². The first kappa shape index (κ1) is 18.0. The zero-order chi connectivity index (χ0) is 18.7. The number of amides is 1. The fourth-order valence-electron chi connectivity index (χ4n) is 2.58. The van der Waals surface area contributed by atoms with Crippen LogP contribution in [0, 0.1) is 6.92 Å². The van der Waals surface area contributed by atoms with Gasteiger partial charge in [-0.1, -0.05) is 41.9 Å². The molecule has 26 heavy (non-hydrogen) atoms. The van der Waals surface area contributed by atoms with Crippen LogP contribution < -0.4 is 15.7 Å². The molecule has 0 aliphatic carbocycles. The van der Waals surface area contributed by atoms with E-state index >= 15 is 0 Å². The number of halogens is 1. The molecule has 0 radical (unpaired) electrons. The topological polar surface area (TPSA) is 68.5 Å². The summed E-state index contributed by atoms with van der Waals surface area (Å²) < 4.78 is 10.9. The lowest BCUT2D eigenvalue weighted by atomic mass is 10.1. The van der Waals surface area contributed by atoms with Gasteiger partial charge in [-0.25, -0.2) is 4.79 Å². The summed E-state index contributed by atoms with van der Waals surface area (Å²) in [5.41, 5.74) is 1.68. The Kier molecular flexibility index (Phi) is 5.28. The maximum atomic E-state index is 12.3. The van der Waals surface area contributed by atoms with Gasteiger partial charge in [0.1, 0.15) is 11.3 Å². The van der Waals surface area contributed by atoms with Gasteiger partial charge in [-0.3, -0.25) is 4.79 Å². The van der Waals surface area contributed by atoms with Gasteiger partial charge in [0.05, 0.1) is 5.02 Å². The summed E-state index contributed by atoms with van der Waals surface area (Å²) in [7, 11) is 0. The maximum absolute atomic E-state index is 12.3. The largest absolute Gasteiger partial charge is 0.479 e. The van der Waals surface area contributed by atoms with Crippen molar-refractivity contribution in [1.82, 2.24) is 5.32 Å². The van der Waals surface area contributed by atoms with Crippen LogP contribution in [0.25, 0.3) is 11.0 Å². The zero-order valence-corrected chi connectivity index (χ0v) is 15.2. The van der Waals surface area contributed by atoms with Gasteiger partial charge in [-0.2, -0.15) is 0 Å². The number of rotatable bonds is 5. The lowest BCUT2D eigenvalue weighted by Crippen LogP contribution is -2.35. The van der Waals surface area contributed by atoms with Crippen LogP contribution in [0.3, 0.4) is 0 Å². The molecule has 0 fully saturated rings. The van der Waals surface area contributed by atoms with Gasteiger partial charge in [0.25, 0.3) is 5.91 Å². The third-order valence-electron chi connectivity index (χ3n) is 3.99. The standard InChI is InChI=1S/C20H18ClNO4/c1-12-8-19(23)26-17-10-18(16(21)9-15(12)17)25-13(2)20(24)22-11-14-6-4-3-5-7-14/h3-10,13H,11H2,1-2H3,(H,22,24)/t13-/m1/s1. The summed E-state index contributed by atoms with van der Waals surface area (Å²) in [6, 6.07) is 14.2. The van der Waals surface area contributed by atoms with Crippen molar-refractivity contribution in [2.24, 2.45) is 0 Å². The molecule has 5 nitrogen and oxygen atoms in total. The summed E-state index contributed by atoms with van der Waals surface area (Å²) in [6.07, 6.45) is -0.759. The Morgan fingerprint density at radius 3 is 2.69 bits per heavy atom.